The van der Waals surface area contributed by atoms with Crippen LogP contribution in [-0.2, 0) is 14.3 Å². The predicted octanol–water partition coefficient (Wildman–Crippen LogP) is 1.18. The molecule has 0 aliphatic rings. The minimum atomic E-state index is -0.604. The lowest BCUT2D eigenvalue weighted by Crippen LogP contribution is -2.47. The van der Waals surface area contributed by atoms with Crippen molar-refractivity contribution in [2.24, 2.45) is 11.8 Å². The van der Waals surface area contributed by atoms with Crippen molar-refractivity contribution in [2.45, 2.75) is 26.8 Å². The van der Waals surface area contributed by atoms with Gasteiger partial charge in [0.25, 0.3) is 0 Å². The van der Waals surface area contributed by atoms with Crippen LogP contribution in [0.3, 0.4) is 0 Å². The molecule has 1 amide bonds. The molecule has 0 fully saturated rings. The first kappa shape index (κ1) is 14.2. The van der Waals surface area contributed by atoms with E-state index in [9.17, 15) is 9.59 Å². The number of nitrogens with one attached hydrogen (secondary N) is 1. The summed E-state index contributed by atoms with van der Waals surface area (Å²) >= 11 is 5.55. The summed E-state index contributed by atoms with van der Waals surface area (Å²) in [6, 6.07) is -0.604. The predicted molar refractivity (Wildman–Crippen MR) is 58.7 cm³/mol. The molecule has 0 rings (SSSR count). The van der Waals surface area contributed by atoms with Gasteiger partial charge in [0, 0.05) is 11.8 Å². The Morgan fingerprint density at radius 3 is 2.20 bits per heavy atom. The highest BCUT2D eigenvalue weighted by Crippen LogP contribution is 2.06. The van der Waals surface area contributed by atoms with Crippen LogP contribution >= 0.6 is 11.6 Å². The summed E-state index contributed by atoms with van der Waals surface area (Å²) < 4.78 is 4.60. The van der Waals surface area contributed by atoms with E-state index in [-0.39, 0.29) is 23.6 Å². The van der Waals surface area contributed by atoms with Crippen LogP contribution in [0.2, 0.25) is 0 Å². The zero-order valence-corrected chi connectivity index (χ0v) is 10.3. The lowest BCUT2D eigenvalue weighted by molar-refractivity contribution is -0.146. The number of carbonyl (C=O) groups is 2. The quantitative estimate of drug-likeness (QED) is 0.575. The summed E-state index contributed by atoms with van der Waals surface area (Å²) in [6.07, 6.45) is 0. The van der Waals surface area contributed by atoms with E-state index in [4.69, 9.17) is 11.6 Å². The Balaban J connectivity index is 4.42. The molecule has 1 unspecified atom stereocenters. The monoisotopic (exact) mass is 235 g/mol. The molecular formula is C10H18ClNO3. The summed E-state index contributed by atoms with van der Waals surface area (Å²) in [5.74, 6) is -0.742. The van der Waals surface area contributed by atoms with Gasteiger partial charge in [0.15, 0.2) is 0 Å². The van der Waals surface area contributed by atoms with Crippen LogP contribution in [-0.4, -0.2) is 30.9 Å². The minimum absolute atomic E-state index is 0.0103. The maximum absolute atomic E-state index is 11.5. The molecule has 0 heterocycles. The SMILES string of the molecule is COC(=O)[C@@H](NC(=O)C(C)CCl)C(C)C. The van der Waals surface area contributed by atoms with Crippen molar-refractivity contribution >= 4 is 23.5 Å². The van der Waals surface area contributed by atoms with Crippen LogP contribution < -0.4 is 5.32 Å². The first-order valence-corrected chi connectivity index (χ1v) is 5.41. The zero-order chi connectivity index (χ0) is 12.0. The molecule has 15 heavy (non-hydrogen) atoms. The van der Waals surface area contributed by atoms with Crippen molar-refractivity contribution in [3.05, 3.63) is 0 Å². The van der Waals surface area contributed by atoms with Crippen molar-refractivity contribution in [2.75, 3.05) is 13.0 Å². The second kappa shape index (κ2) is 6.67. The number of hydrogen-bond acceptors (Lipinski definition) is 3. The van der Waals surface area contributed by atoms with Crippen LogP contribution in [0.15, 0.2) is 0 Å². The third-order valence-electron chi connectivity index (χ3n) is 2.10. The summed E-state index contributed by atoms with van der Waals surface area (Å²) in [7, 11) is 1.30. The van der Waals surface area contributed by atoms with E-state index in [0.29, 0.717) is 0 Å². The van der Waals surface area contributed by atoms with E-state index in [1.165, 1.54) is 7.11 Å². The summed E-state index contributed by atoms with van der Waals surface area (Å²) in [5, 5.41) is 2.62. The van der Waals surface area contributed by atoms with E-state index in [0.717, 1.165) is 0 Å². The molecule has 0 saturated heterocycles. The van der Waals surface area contributed by atoms with Crippen LogP contribution in [0, 0.1) is 11.8 Å². The van der Waals surface area contributed by atoms with Gasteiger partial charge in [-0.15, -0.1) is 11.6 Å². The van der Waals surface area contributed by atoms with Crippen LogP contribution in [0.25, 0.3) is 0 Å². The normalized spacial score (nSPS) is 14.5. The number of alkyl halides is 1. The highest BCUT2D eigenvalue weighted by Gasteiger charge is 2.26. The fourth-order valence-electron chi connectivity index (χ4n) is 0.990. The molecule has 0 spiro atoms. The van der Waals surface area contributed by atoms with E-state index in [1.807, 2.05) is 13.8 Å². The van der Waals surface area contributed by atoms with Gasteiger partial charge in [-0.1, -0.05) is 20.8 Å². The topological polar surface area (TPSA) is 55.4 Å². The number of esters is 1. The van der Waals surface area contributed by atoms with E-state index in [1.54, 1.807) is 6.92 Å². The Bertz CT molecular complexity index is 231. The number of amides is 1. The van der Waals surface area contributed by atoms with E-state index < -0.39 is 12.0 Å². The number of carbonyl (C=O) groups excluding carboxylic acids is 2. The minimum Gasteiger partial charge on any atom is -0.467 e. The molecule has 1 N–H and O–H groups in total. The fourth-order valence-corrected chi connectivity index (χ4v) is 1.13. The van der Waals surface area contributed by atoms with Crippen molar-refractivity contribution in [3.8, 4) is 0 Å². The molecule has 0 saturated carbocycles. The van der Waals surface area contributed by atoms with Crippen molar-refractivity contribution < 1.29 is 14.3 Å². The molecule has 0 radical (unpaired) electrons. The molecular weight excluding hydrogens is 218 g/mol. The fraction of sp³-hybridized carbons (Fsp3) is 0.800. The standard InChI is InChI=1S/C10H18ClNO3/c1-6(2)8(10(14)15-4)12-9(13)7(3)5-11/h6-8H,5H2,1-4H3,(H,12,13)/t7?,8-/m0/s1. The van der Waals surface area contributed by atoms with Crippen LogP contribution in [0.4, 0.5) is 0 Å². The highest BCUT2D eigenvalue weighted by atomic mass is 35.5. The molecule has 2 atom stereocenters. The van der Waals surface area contributed by atoms with Gasteiger partial charge >= 0.3 is 5.97 Å². The first-order chi connectivity index (χ1) is 6.93. The van der Waals surface area contributed by atoms with Gasteiger partial charge < -0.3 is 10.1 Å². The average molecular weight is 236 g/mol. The second-order valence-corrected chi connectivity index (χ2v) is 4.12. The lowest BCUT2D eigenvalue weighted by Gasteiger charge is -2.21. The average Bonchev–Trinajstić information content (AvgIpc) is 2.22. The zero-order valence-electron chi connectivity index (χ0n) is 9.54. The molecule has 0 bridgehead atoms. The largest absolute Gasteiger partial charge is 0.467 e. The van der Waals surface area contributed by atoms with Gasteiger partial charge in [0.05, 0.1) is 7.11 Å². The van der Waals surface area contributed by atoms with Crippen LogP contribution in [0.1, 0.15) is 20.8 Å². The van der Waals surface area contributed by atoms with Gasteiger partial charge in [-0.2, -0.15) is 0 Å². The Morgan fingerprint density at radius 2 is 1.87 bits per heavy atom. The first-order valence-electron chi connectivity index (χ1n) is 4.88. The molecule has 0 aromatic carbocycles. The maximum atomic E-state index is 11.5. The molecule has 0 aliphatic heterocycles. The summed E-state index contributed by atoms with van der Waals surface area (Å²) in [6.45, 7) is 5.39. The Morgan fingerprint density at radius 1 is 1.33 bits per heavy atom. The van der Waals surface area contributed by atoms with Crippen LogP contribution in [0.5, 0.6) is 0 Å². The second-order valence-electron chi connectivity index (χ2n) is 3.81. The number of hydrogen-bond donors (Lipinski definition) is 1. The van der Waals surface area contributed by atoms with Gasteiger partial charge in [-0.05, 0) is 5.92 Å². The molecule has 0 aliphatic carbocycles. The van der Waals surface area contributed by atoms with Gasteiger partial charge in [0.2, 0.25) is 5.91 Å². The molecule has 0 aromatic rings. The number of halogens is 1. The maximum Gasteiger partial charge on any atom is 0.328 e. The number of methoxy groups -OCH3 is 1. The third kappa shape index (κ3) is 4.51. The Hall–Kier alpha value is -0.770. The molecule has 5 heteroatoms. The summed E-state index contributed by atoms with van der Waals surface area (Å²) in [5.41, 5.74) is 0. The highest BCUT2D eigenvalue weighted by molar-refractivity contribution is 6.19. The van der Waals surface area contributed by atoms with Crippen molar-refractivity contribution in [3.63, 3.8) is 0 Å². The van der Waals surface area contributed by atoms with Crippen molar-refractivity contribution in [1.29, 1.82) is 0 Å². The van der Waals surface area contributed by atoms with Gasteiger partial charge in [0.1, 0.15) is 6.04 Å². The van der Waals surface area contributed by atoms with E-state index in [2.05, 4.69) is 10.1 Å². The van der Waals surface area contributed by atoms with Crippen molar-refractivity contribution in [1.82, 2.24) is 5.32 Å². The molecule has 4 nitrogen and oxygen atoms in total. The lowest BCUT2D eigenvalue weighted by atomic mass is 10.0. The smallest absolute Gasteiger partial charge is 0.328 e. The number of ether oxygens (including phenoxy) is 1. The molecule has 88 valence electrons. The summed E-state index contributed by atoms with van der Waals surface area (Å²) in [4.78, 5) is 22.8. The Labute approximate surface area is 95.3 Å². The Kier molecular flexibility index (Phi) is 6.32. The third-order valence-corrected chi connectivity index (χ3v) is 2.56. The van der Waals surface area contributed by atoms with E-state index >= 15 is 0 Å². The van der Waals surface area contributed by atoms with Gasteiger partial charge in [-0.3, -0.25) is 4.79 Å². The molecule has 0 aromatic heterocycles. The number of rotatable bonds is 5. The van der Waals surface area contributed by atoms with Gasteiger partial charge in [-0.25, -0.2) is 4.79 Å².